The molecule has 1 aliphatic heterocycles. The molecule has 142 valence electrons. The van der Waals surface area contributed by atoms with Crippen molar-refractivity contribution in [2.45, 2.75) is 12.8 Å². The van der Waals surface area contributed by atoms with Crippen LogP contribution in [0.15, 0.2) is 34.4 Å². The topological polar surface area (TPSA) is 77.2 Å². The van der Waals surface area contributed by atoms with Crippen molar-refractivity contribution in [3.8, 4) is 0 Å². The summed E-state index contributed by atoms with van der Waals surface area (Å²) in [6.07, 6.45) is 0.183. The lowest BCUT2D eigenvalue weighted by molar-refractivity contribution is 0.307. The van der Waals surface area contributed by atoms with Crippen molar-refractivity contribution in [3.63, 3.8) is 0 Å². The highest BCUT2D eigenvalue weighted by Crippen LogP contribution is 2.33. The van der Waals surface area contributed by atoms with Gasteiger partial charge in [0, 0.05) is 18.4 Å². The monoisotopic (exact) mass is 397 g/mol. The lowest BCUT2D eigenvalue weighted by Crippen LogP contribution is -2.10. The second-order valence-corrected chi connectivity index (χ2v) is 6.31. The molecule has 2 aromatic carbocycles. The van der Waals surface area contributed by atoms with Gasteiger partial charge in [-0.05, 0) is 29.3 Å². The second kappa shape index (κ2) is 7.98. The smallest absolute Gasteiger partial charge is 0.182 e. The van der Waals surface area contributed by atoms with Crippen LogP contribution in [0.4, 0.5) is 18.9 Å². The highest BCUT2D eigenvalue weighted by Gasteiger charge is 2.28. The minimum Gasteiger partial charge on any atom is -0.411 e. The quantitative estimate of drug-likeness (QED) is 0.410. The van der Waals surface area contributed by atoms with Crippen LogP contribution in [-0.4, -0.2) is 35.0 Å². The Morgan fingerprint density at radius 1 is 1.19 bits per heavy atom. The van der Waals surface area contributed by atoms with Gasteiger partial charge in [0.1, 0.15) is 11.7 Å². The lowest BCUT2D eigenvalue weighted by atomic mass is 9.95. The number of benzene rings is 2. The van der Waals surface area contributed by atoms with Gasteiger partial charge in [-0.15, -0.1) is 0 Å². The molecule has 0 saturated heterocycles. The number of hydrogen-bond donors (Lipinski definition) is 3. The van der Waals surface area contributed by atoms with Crippen LogP contribution >= 0.6 is 11.6 Å². The van der Waals surface area contributed by atoms with E-state index in [0.717, 1.165) is 6.07 Å². The molecule has 0 aromatic heterocycles. The van der Waals surface area contributed by atoms with Crippen molar-refractivity contribution < 1.29 is 23.5 Å². The van der Waals surface area contributed by atoms with Crippen molar-refractivity contribution in [2.75, 3.05) is 18.5 Å². The molecule has 0 atom stereocenters. The Kier molecular flexibility index (Phi) is 5.67. The second-order valence-electron chi connectivity index (χ2n) is 5.90. The Bertz CT molecular complexity index is 948. The number of halogens is 4. The van der Waals surface area contributed by atoms with Crippen molar-refractivity contribution in [2.24, 2.45) is 10.1 Å². The summed E-state index contributed by atoms with van der Waals surface area (Å²) < 4.78 is 41.6. The summed E-state index contributed by atoms with van der Waals surface area (Å²) in [5.74, 6) is -2.40. The molecular formula is C18H15ClF3N3O2. The minimum atomic E-state index is -1.11. The van der Waals surface area contributed by atoms with E-state index < -0.39 is 17.5 Å². The molecule has 1 aliphatic rings. The number of fused-ring (bicyclic) bond motifs is 1. The third-order valence-electron chi connectivity index (χ3n) is 4.13. The van der Waals surface area contributed by atoms with Gasteiger partial charge in [-0.25, -0.2) is 13.2 Å². The molecule has 3 rings (SSSR count). The van der Waals surface area contributed by atoms with E-state index >= 15 is 0 Å². The van der Waals surface area contributed by atoms with E-state index in [-0.39, 0.29) is 48.0 Å². The van der Waals surface area contributed by atoms with Crippen molar-refractivity contribution >= 4 is 28.8 Å². The maximum Gasteiger partial charge on any atom is 0.182 e. The zero-order valence-electron chi connectivity index (χ0n) is 13.9. The van der Waals surface area contributed by atoms with E-state index in [4.69, 9.17) is 16.7 Å². The third-order valence-corrected chi connectivity index (χ3v) is 4.42. The number of aliphatic imine (C=N–C) groups is 1. The molecular weight excluding hydrogens is 383 g/mol. The number of amidine groups is 1. The first-order valence-electron chi connectivity index (χ1n) is 8.02. The van der Waals surface area contributed by atoms with Gasteiger partial charge < -0.3 is 15.6 Å². The van der Waals surface area contributed by atoms with E-state index in [1.807, 2.05) is 0 Å². The fourth-order valence-corrected chi connectivity index (χ4v) is 3.10. The van der Waals surface area contributed by atoms with E-state index in [2.05, 4.69) is 15.5 Å². The van der Waals surface area contributed by atoms with Gasteiger partial charge in [0.05, 0.1) is 29.6 Å². The van der Waals surface area contributed by atoms with Gasteiger partial charge in [0.25, 0.3) is 0 Å². The Labute approximate surface area is 157 Å². The summed E-state index contributed by atoms with van der Waals surface area (Å²) in [6.45, 7) is -0.0648. The molecule has 0 saturated carbocycles. The maximum absolute atomic E-state index is 14.2. The summed E-state index contributed by atoms with van der Waals surface area (Å²) in [7, 11) is 0. The summed E-state index contributed by atoms with van der Waals surface area (Å²) in [5.41, 5.74) is 1.10. The first-order valence-corrected chi connectivity index (χ1v) is 8.39. The predicted molar refractivity (Wildman–Crippen MR) is 96.5 cm³/mol. The molecule has 0 unspecified atom stereocenters. The van der Waals surface area contributed by atoms with Crippen LogP contribution < -0.4 is 5.32 Å². The summed E-state index contributed by atoms with van der Waals surface area (Å²) in [6, 6.07) is 4.95. The van der Waals surface area contributed by atoms with Gasteiger partial charge in [-0.3, -0.25) is 4.99 Å². The molecule has 0 spiro atoms. The zero-order chi connectivity index (χ0) is 19.6. The molecule has 3 N–H and O–H groups in total. The Morgan fingerprint density at radius 3 is 2.63 bits per heavy atom. The van der Waals surface area contributed by atoms with Crippen molar-refractivity contribution in [3.05, 3.63) is 63.4 Å². The molecule has 2 aromatic rings. The van der Waals surface area contributed by atoms with Gasteiger partial charge in [-0.1, -0.05) is 22.8 Å². The highest BCUT2D eigenvalue weighted by molar-refractivity contribution is 6.30. The summed E-state index contributed by atoms with van der Waals surface area (Å²) in [5, 5.41) is 24.1. The SMILES string of the molecule is OCCN=C1Cc2c(/C(Cc3ccc(F)c(Cl)c3)=N/O)cc(F)c(F)c2N1. The Balaban J connectivity index is 2.00. The van der Waals surface area contributed by atoms with Crippen LogP contribution in [0, 0.1) is 17.5 Å². The normalized spacial score (nSPS) is 15.1. The Morgan fingerprint density at radius 2 is 1.96 bits per heavy atom. The zero-order valence-corrected chi connectivity index (χ0v) is 14.7. The molecule has 0 aliphatic carbocycles. The fourth-order valence-electron chi connectivity index (χ4n) is 2.90. The van der Waals surface area contributed by atoms with Gasteiger partial charge >= 0.3 is 0 Å². The molecule has 1 heterocycles. The van der Waals surface area contributed by atoms with Crippen molar-refractivity contribution in [1.29, 1.82) is 0 Å². The average Bonchev–Trinajstić information content (AvgIpc) is 3.08. The van der Waals surface area contributed by atoms with E-state index in [1.54, 1.807) is 0 Å². The summed E-state index contributed by atoms with van der Waals surface area (Å²) in [4.78, 5) is 4.06. The van der Waals surface area contributed by atoms with Crippen molar-refractivity contribution in [1.82, 2.24) is 0 Å². The molecule has 0 amide bonds. The molecule has 0 bridgehead atoms. The molecule has 0 radical (unpaired) electrons. The standard InChI is InChI=1S/C18H15ClF3N3O2/c19-12-5-9(1-2-13(12)20)6-15(25-27)10-7-14(21)17(22)18-11(10)8-16(24-18)23-3-4-26/h1-2,5,7,26-27H,3-4,6,8H2,(H,23,24)/b25-15+. The number of hydrogen-bond acceptors (Lipinski definition) is 4. The van der Waals surface area contributed by atoms with Crippen LogP contribution in [0.2, 0.25) is 5.02 Å². The molecule has 27 heavy (non-hydrogen) atoms. The number of nitrogens with one attached hydrogen (secondary N) is 1. The number of oxime groups is 1. The van der Waals surface area contributed by atoms with Crippen LogP contribution in [-0.2, 0) is 12.8 Å². The predicted octanol–water partition coefficient (Wildman–Crippen LogP) is 3.54. The molecule has 5 nitrogen and oxygen atoms in total. The number of aliphatic hydroxyl groups excluding tert-OH is 1. The molecule has 0 fully saturated rings. The van der Waals surface area contributed by atoms with Gasteiger partial charge in [-0.2, -0.15) is 0 Å². The first-order chi connectivity index (χ1) is 12.9. The van der Waals surface area contributed by atoms with Crippen LogP contribution in [0.25, 0.3) is 0 Å². The Hall–Kier alpha value is -2.58. The summed E-state index contributed by atoms with van der Waals surface area (Å²) >= 11 is 5.76. The fraction of sp³-hybridized carbons (Fsp3) is 0.222. The third kappa shape index (κ3) is 3.91. The number of nitrogens with zero attached hydrogens (tertiary/aromatic N) is 2. The number of aliphatic hydroxyl groups is 1. The largest absolute Gasteiger partial charge is 0.411 e. The van der Waals surface area contributed by atoms with Crippen LogP contribution in [0.5, 0.6) is 0 Å². The lowest BCUT2D eigenvalue weighted by Gasteiger charge is -2.11. The molecule has 9 heteroatoms. The number of rotatable bonds is 5. The van der Waals surface area contributed by atoms with E-state index in [9.17, 15) is 18.4 Å². The van der Waals surface area contributed by atoms with Gasteiger partial charge in [0.2, 0.25) is 0 Å². The van der Waals surface area contributed by atoms with E-state index in [1.165, 1.54) is 18.2 Å². The van der Waals surface area contributed by atoms with Crippen LogP contribution in [0.3, 0.4) is 0 Å². The minimum absolute atomic E-state index is 0.0249. The van der Waals surface area contributed by atoms with Crippen LogP contribution in [0.1, 0.15) is 16.7 Å². The first kappa shape index (κ1) is 19.2. The average molecular weight is 398 g/mol. The highest BCUT2D eigenvalue weighted by atomic mass is 35.5. The van der Waals surface area contributed by atoms with Gasteiger partial charge in [0.15, 0.2) is 11.6 Å². The number of anilines is 1. The van der Waals surface area contributed by atoms with E-state index in [0.29, 0.717) is 17.0 Å². The maximum atomic E-state index is 14.2.